The first-order valence-electron chi connectivity index (χ1n) is 14.9. The number of hydrogen-bond donors (Lipinski definition) is 2. The van der Waals surface area contributed by atoms with Crippen LogP contribution >= 0.6 is 0 Å². The fraction of sp³-hybridized carbons (Fsp3) is 0.375. The van der Waals surface area contributed by atoms with Crippen molar-refractivity contribution in [2.45, 2.75) is 50.9 Å². The van der Waals surface area contributed by atoms with Gasteiger partial charge in [-0.3, -0.25) is 29.4 Å². The van der Waals surface area contributed by atoms with Crippen molar-refractivity contribution in [1.29, 1.82) is 0 Å². The zero-order valence-corrected chi connectivity index (χ0v) is 23.8. The average molecular weight is 580 g/mol. The maximum atomic E-state index is 12.9. The van der Waals surface area contributed by atoms with Crippen LogP contribution in [-0.2, 0) is 35.5 Å². The quantitative estimate of drug-likeness (QED) is 0.421. The van der Waals surface area contributed by atoms with Crippen LogP contribution in [0.1, 0.15) is 55.9 Å². The van der Waals surface area contributed by atoms with Crippen molar-refractivity contribution < 1.29 is 19.2 Å². The summed E-state index contributed by atoms with van der Waals surface area (Å²) < 4.78 is 0. The average Bonchev–Trinajstić information content (AvgIpc) is 3.61. The Labute approximate surface area is 249 Å². The van der Waals surface area contributed by atoms with E-state index in [0.29, 0.717) is 18.0 Å². The second-order valence-electron chi connectivity index (χ2n) is 11.7. The van der Waals surface area contributed by atoms with Crippen LogP contribution in [0.2, 0.25) is 0 Å². The van der Waals surface area contributed by atoms with Gasteiger partial charge < -0.3 is 15.1 Å². The Morgan fingerprint density at radius 2 is 1.67 bits per heavy atom. The Morgan fingerprint density at radius 3 is 2.37 bits per heavy atom. The van der Waals surface area contributed by atoms with E-state index in [-0.39, 0.29) is 42.9 Å². The van der Waals surface area contributed by atoms with E-state index in [9.17, 15) is 19.2 Å². The smallest absolute Gasteiger partial charge is 0.272 e. The summed E-state index contributed by atoms with van der Waals surface area (Å²) in [7, 11) is 0. The third-order valence-corrected chi connectivity index (χ3v) is 9.11. The van der Waals surface area contributed by atoms with Crippen LogP contribution in [0.5, 0.6) is 0 Å². The third kappa shape index (κ3) is 5.36. The highest BCUT2D eigenvalue weighted by molar-refractivity contribution is 6.05. The van der Waals surface area contributed by atoms with Crippen molar-refractivity contribution in [2.75, 3.05) is 31.1 Å². The molecule has 2 fully saturated rings. The first-order chi connectivity index (χ1) is 20.9. The molecular formula is C32H33N7O4. The van der Waals surface area contributed by atoms with Gasteiger partial charge in [0.25, 0.3) is 11.8 Å². The van der Waals surface area contributed by atoms with Gasteiger partial charge >= 0.3 is 0 Å². The number of fused-ring (bicyclic) bond motifs is 2. The molecule has 4 amide bonds. The molecular weight excluding hydrogens is 546 g/mol. The largest absolute Gasteiger partial charge is 0.353 e. The summed E-state index contributed by atoms with van der Waals surface area (Å²) in [5, 5.41) is 13.8. The molecule has 220 valence electrons. The normalized spacial score (nSPS) is 20.7. The molecule has 0 radical (unpaired) electrons. The molecule has 2 saturated heterocycles. The van der Waals surface area contributed by atoms with Gasteiger partial charge in [-0.2, -0.15) is 0 Å². The Bertz CT molecular complexity index is 1570. The van der Waals surface area contributed by atoms with E-state index in [1.165, 1.54) is 16.0 Å². The summed E-state index contributed by atoms with van der Waals surface area (Å²) in [6.07, 6.45) is 2.76. The van der Waals surface area contributed by atoms with Gasteiger partial charge in [0.05, 0.1) is 0 Å². The van der Waals surface area contributed by atoms with E-state index in [2.05, 4.69) is 54.9 Å². The van der Waals surface area contributed by atoms with E-state index in [4.69, 9.17) is 0 Å². The predicted molar refractivity (Wildman–Crippen MR) is 157 cm³/mol. The first kappa shape index (κ1) is 27.2. The molecule has 1 unspecified atom stereocenters. The number of piperidine rings is 1. The standard InChI is InChI=1S/C32H33N7O4/c40-29-10-8-27(31(42)34-29)39-19-23-15-20(5-6-25(23)32(39)43)18-33-30(41)26-7-9-28(36-35-26)38-13-11-37(12-14-38)24-16-21-3-1-2-4-22(21)17-24/h1-7,9,15,24,27H,8,10-14,16-19H2,(H,33,41)(H,34,40,42). The number of benzene rings is 2. The van der Waals surface area contributed by atoms with E-state index >= 15 is 0 Å². The Hall–Kier alpha value is -4.64. The van der Waals surface area contributed by atoms with Gasteiger partial charge in [0.2, 0.25) is 11.8 Å². The summed E-state index contributed by atoms with van der Waals surface area (Å²) in [6, 6.07) is 17.6. The molecule has 0 bridgehead atoms. The second-order valence-corrected chi connectivity index (χ2v) is 11.7. The van der Waals surface area contributed by atoms with Crippen molar-refractivity contribution in [3.8, 4) is 0 Å². The number of nitrogens with zero attached hydrogens (tertiary/aromatic N) is 5. The van der Waals surface area contributed by atoms with Crippen LogP contribution in [0, 0.1) is 0 Å². The maximum Gasteiger partial charge on any atom is 0.272 e. The molecule has 11 heteroatoms. The Kier molecular flexibility index (Phi) is 7.10. The van der Waals surface area contributed by atoms with Crippen LogP contribution < -0.4 is 15.5 Å². The molecule has 43 heavy (non-hydrogen) atoms. The molecule has 2 N–H and O–H groups in total. The van der Waals surface area contributed by atoms with E-state index in [0.717, 1.165) is 56.0 Å². The molecule has 1 atom stereocenters. The van der Waals surface area contributed by atoms with Crippen LogP contribution in [0.3, 0.4) is 0 Å². The van der Waals surface area contributed by atoms with Crippen LogP contribution in [-0.4, -0.2) is 81.9 Å². The van der Waals surface area contributed by atoms with Crippen molar-refractivity contribution in [3.63, 3.8) is 0 Å². The van der Waals surface area contributed by atoms with Crippen molar-refractivity contribution in [3.05, 3.63) is 88.1 Å². The summed E-state index contributed by atoms with van der Waals surface area (Å²) in [5.74, 6) is -0.524. The zero-order chi connectivity index (χ0) is 29.5. The summed E-state index contributed by atoms with van der Waals surface area (Å²) in [5.41, 5.74) is 5.34. The van der Waals surface area contributed by atoms with Crippen LogP contribution in [0.4, 0.5) is 5.82 Å². The number of aromatic nitrogens is 2. The highest BCUT2D eigenvalue weighted by Gasteiger charge is 2.39. The monoisotopic (exact) mass is 579 g/mol. The SMILES string of the molecule is O=C1CCC(N2Cc3cc(CNC(=O)c4ccc(N5CCN(C6Cc7ccccc7C6)CC5)nn4)ccc3C2=O)C(=O)N1. The Balaban J connectivity index is 0.909. The van der Waals surface area contributed by atoms with Gasteiger partial charge in [-0.1, -0.05) is 36.4 Å². The number of piperazine rings is 1. The van der Waals surface area contributed by atoms with Crippen molar-refractivity contribution in [1.82, 2.24) is 30.6 Å². The second kappa shape index (κ2) is 11.2. The van der Waals surface area contributed by atoms with E-state index in [1.807, 2.05) is 12.1 Å². The fourth-order valence-electron chi connectivity index (χ4n) is 6.74. The van der Waals surface area contributed by atoms with Gasteiger partial charge in [-0.05, 0) is 59.7 Å². The number of carbonyl (C=O) groups excluding carboxylic acids is 4. The lowest BCUT2D eigenvalue weighted by Crippen LogP contribution is -2.52. The maximum absolute atomic E-state index is 12.9. The molecule has 1 aliphatic carbocycles. The number of anilines is 1. The lowest BCUT2D eigenvalue weighted by Gasteiger charge is -2.38. The predicted octanol–water partition coefficient (Wildman–Crippen LogP) is 1.46. The highest BCUT2D eigenvalue weighted by Crippen LogP contribution is 2.29. The van der Waals surface area contributed by atoms with Crippen molar-refractivity contribution >= 4 is 29.4 Å². The number of amides is 4. The molecule has 11 nitrogen and oxygen atoms in total. The van der Waals surface area contributed by atoms with Gasteiger partial charge in [-0.25, -0.2) is 0 Å². The van der Waals surface area contributed by atoms with Gasteiger partial charge in [-0.15, -0.1) is 10.2 Å². The topological polar surface area (TPSA) is 128 Å². The fourth-order valence-corrected chi connectivity index (χ4v) is 6.74. The summed E-state index contributed by atoms with van der Waals surface area (Å²) >= 11 is 0. The third-order valence-electron chi connectivity index (χ3n) is 9.11. The number of hydrogen-bond acceptors (Lipinski definition) is 8. The molecule has 0 saturated carbocycles. The Morgan fingerprint density at radius 1 is 0.907 bits per heavy atom. The molecule has 2 aromatic carbocycles. The number of carbonyl (C=O) groups is 4. The molecule has 1 aromatic heterocycles. The zero-order valence-electron chi connectivity index (χ0n) is 23.8. The number of rotatable bonds is 6. The molecule has 3 aromatic rings. The highest BCUT2D eigenvalue weighted by atomic mass is 16.2. The van der Waals surface area contributed by atoms with Gasteiger partial charge in [0, 0.05) is 57.3 Å². The van der Waals surface area contributed by atoms with Crippen LogP contribution in [0.25, 0.3) is 0 Å². The number of nitrogens with one attached hydrogen (secondary N) is 2. The lowest BCUT2D eigenvalue weighted by molar-refractivity contribution is -0.136. The van der Waals surface area contributed by atoms with Gasteiger partial charge in [0.15, 0.2) is 11.5 Å². The number of imide groups is 1. The molecule has 4 aliphatic rings. The minimum atomic E-state index is -0.656. The first-order valence-corrected chi connectivity index (χ1v) is 14.9. The van der Waals surface area contributed by atoms with E-state index in [1.54, 1.807) is 18.2 Å². The molecule has 3 aliphatic heterocycles. The van der Waals surface area contributed by atoms with Crippen LogP contribution in [0.15, 0.2) is 54.6 Å². The van der Waals surface area contributed by atoms with Crippen molar-refractivity contribution in [2.24, 2.45) is 0 Å². The van der Waals surface area contributed by atoms with Gasteiger partial charge in [0.1, 0.15) is 6.04 Å². The molecule has 0 spiro atoms. The summed E-state index contributed by atoms with van der Waals surface area (Å²) in [4.78, 5) is 55.8. The van der Waals surface area contributed by atoms with E-state index < -0.39 is 11.9 Å². The molecule has 7 rings (SSSR count). The molecule has 4 heterocycles. The minimum Gasteiger partial charge on any atom is -0.353 e. The lowest BCUT2D eigenvalue weighted by atomic mass is 10.0. The summed E-state index contributed by atoms with van der Waals surface area (Å²) in [6.45, 7) is 4.23. The minimum absolute atomic E-state index is 0.213.